The normalized spacial score (nSPS) is 16.7. The van der Waals surface area contributed by atoms with Gasteiger partial charge >= 0.3 is 0 Å². The molecule has 4 rings (SSSR count). The van der Waals surface area contributed by atoms with Crippen molar-refractivity contribution in [2.75, 3.05) is 23.8 Å². The van der Waals surface area contributed by atoms with Gasteiger partial charge in [0.15, 0.2) is 12.3 Å². The van der Waals surface area contributed by atoms with Gasteiger partial charge in [-0.25, -0.2) is 14.7 Å². The molecule has 174 valence electrons. The Balaban J connectivity index is 1.54. The van der Waals surface area contributed by atoms with Gasteiger partial charge in [0, 0.05) is 11.6 Å². The lowest BCUT2D eigenvalue weighted by Crippen LogP contribution is -2.37. The second-order valence-corrected chi connectivity index (χ2v) is 8.48. The Morgan fingerprint density at radius 1 is 1.33 bits per heavy atom. The van der Waals surface area contributed by atoms with E-state index in [-0.39, 0.29) is 13.2 Å². The molecule has 0 aromatic carbocycles. The van der Waals surface area contributed by atoms with Crippen LogP contribution in [0, 0.1) is 13.8 Å². The number of nitrogens with one attached hydrogen (secondary N) is 2. The molecule has 0 saturated heterocycles. The fourth-order valence-corrected chi connectivity index (χ4v) is 3.99. The summed E-state index contributed by atoms with van der Waals surface area (Å²) < 4.78 is 13.5. The first-order chi connectivity index (χ1) is 16.0. The van der Waals surface area contributed by atoms with Gasteiger partial charge in [-0.1, -0.05) is 6.07 Å². The van der Waals surface area contributed by atoms with Crippen LogP contribution in [-0.4, -0.2) is 57.5 Å². The van der Waals surface area contributed by atoms with Crippen LogP contribution in [0.2, 0.25) is 0 Å². The highest BCUT2D eigenvalue weighted by Crippen LogP contribution is 2.33. The Morgan fingerprint density at radius 3 is 2.88 bits per heavy atom. The summed E-state index contributed by atoms with van der Waals surface area (Å²) >= 11 is 1.59. The van der Waals surface area contributed by atoms with Gasteiger partial charge in [0.25, 0.3) is 5.91 Å². The maximum absolute atomic E-state index is 13.0. The highest BCUT2D eigenvalue weighted by atomic mass is 32.1. The van der Waals surface area contributed by atoms with Crippen molar-refractivity contribution in [1.82, 2.24) is 14.8 Å². The summed E-state index contributed by atoms with van der Waals surface area (Å²) in [5.74, 6) is 0.706. The highest BCUT2D eigenvalue weighted by molar-refractivity contribution is 7.08. The number of amides is 1. The van der Waals surface area contributed by atoms with E-state index in [1.165, 1.54) is 6.34 Å². The number of pyridine rings is 1. The fraction of sp³-hybridized carbons (Fsp3) is 0.364. The van der Waals surface area contributed by atoms with E-state index >= 15 is 0 Å². The van der Waals surface area contributed by atoms with Gasteiger partial charge in [-0.15, -0.1) is 11.3 Å². The molecule has 11 heteroatoms. The molecule has 3 aromatic rings. The first-order valence-electron chi connectivity index (χ1n) is 10.5. The van der Waals surface area contributed by atoms with Crippen LogP contribution >= 0.6 is 11.3 Å². The molecule has 0 aliphatic carbocycles. The van der Waals surface area contributed by atoms with E-state index in [9.17, 15) is 9.90 Å². The van der Waals surface area contributed by atoms with E-state index in [1.807, 2.05) is 30.7 Å². The maximum atomic E-state index is 13.0. The van der Waals surface area contributed by atoms with Gasteiger partial charge in [0.1, 0.15) is 11.6 Å². The molecule has 33 heavy (non-hydrogen) atoms. The van der Waals surface area contributed by atoms with Crippen LogP contribution in [0.3, 0.4) is 0 Å². The molecule has 3 atom stereocenters. The monoisotopic (exact) mass is 470 g/mol. The number of carbonyl (C=O) groups excluding carboxylic acids is 1. The third-order valence-electron chi connectivity index (χ3n) is 5.07. The van der Waals surface area contributed by atoms with E-state index < -0.39 is 24.3 Å². The lowest BCUT2D eigenvalue weighted by molar-refractivity contribution is -0.139. The van der Waals surface area contributed by atoms with E-state index in [1.54, 1.807) is 41.4 Å². The number of aliphatic imine (C=N–C) groups is 1. The fourth-order valence-electron chi connectivity index (χ4n) is 3.18. The Labute approximate surface area is 195 Å². The van der Waals surface area contributed by atoms with Crippen molar-refractivity contribution in [2.45, 2.75) is 39.2 Å². The number of aryl methyl sites for hydroxylation is 2. The minimum Gasteiger partial charge on any atom is -0.394 e. The SMILES string of the molecule is Cc1ccc(NC(=O)[C@H](CO[C@H](C)CO)OC2N=CNc3c2cnn3-c2cscc2C)nc1. The van der Waals surface area contributed by atoms with Crippen LogP contribution in [0.15, 0.2) is 40.3 Å². The topological polar surface area (TPSA) is 123 Å². The van der Waals surface area contributed by atoms with Gasteiger partial charge in [-0.05, 0) is 43.3 Å². The van der Waals surface area contributed by atoms with Crippen molar-refractivity contribution >= 4 is 35.2 Å². The van der Waals surface area contributed by atoms with E-state index in [0.717, 1.165) is 22.6 Å². The molecule has 3 N–H and O–H groups in total. The van der Waals surface area contributed by atoms with Gasteiger partial charge in [-0.3, -0.25) is 4.79 Å². The number of hydrogen-bond acceptors (Lipinski definition) is 9. The van der Waals surface area contributed by atoms with Crippen molar-refractivity contribution < 1.29 is 19.4 Å². The molecule has 1 aliphatic heterocycles. The van der Waals surface area contributed by atoms with Gasteiger partial charge in [0.05, 0.1) is 43.1 Å². The number of thiophene rings is 1. The summed E-state index contributed by atoms with van der Waals surface area (Å²) in [5, 5.41) is 23.7. The minimum absolute atomic E-state index is 0.0635. The average Bonchev–Trinajstić information content (AvgIpc) is 3.43. The quantitative estimate of drug-likeness (QED) is 0.439. The van der Waals surface area contributed by atoms with Gasteiger partial charge in [0.2, 0.25) is 0 Å². The second-order valence-electron chi connectivity index (χ2n) is 7.74. The van der Waals surface area contributed by atoms with Crippen molar-refractivity contribution in [2.24, 2.45) is 4.99 Å². The van der Waals surface area contributed by atoms with Crippen LogP contribution in [0.25, 0.3) is 5.69 Å². The molecule has 1 unspecified atom stereocenters. The van der Waals surface area contributed by atoms with Crippen molar-refractivity contribution in [1.29, 1.82) is 0 Å². The van der Waals surface area contributed by atoms with Crippen molar-refractivity contribution in [3.05, 3.63) is 52.0 Å². The largest absolute Gasteiger partial charge is 0.394 e. The Bertz CT molecular complexity index is 1130. The van der Waals surface area contributed by atoms with Crippen molar-refractivity contribution in [3.63, 3.8) is 0 Å². The Morgan fingerprint density at radius 2 is 2.18 bits per heavy atom. The Hall–Kier alpha value is -3.12. The molecule has 4 heterocycles. The number of carbonyl (C=O) groups is 1. The molecular weight excluding hydrogens is 444 g/mol. The zero-order chi connectivity index (χ0) is 23.4. The van der Waals surface area contributed by atoms with Gasteiger partial charge in [-0.2, -0.15) is 5.10 Å². The van der Waals surface area contributed by atoms with Crippen LogP contribution in [0.4, 0.5) is 11.6 Å². The average molecular weight is 471 g/mol. The van der Waals surface area contributed by atoms with Gasteiger partial charge < -0.3 is 25.2 Å². The predicted molar refractivity (Wildman–Crippen MR) is 126 cm³/mol. The lowest BCUT2D eigenvalue weighted by Gasteiger charge is -2.25. The first-order valence-corrected chi connectivity index (χ1v) is 11.4. The third kappa shape index (κ3) is 5.28. The third-order valence-corrected chi connectivity index (χ3v) is 5.92. The first kappa shape index (κ1) is 23.1. The molecule has 0 saturated carbocycles. The summed E-state index contributed by atoms with van der Waals surface area (Å²) in [6.45, 7) is 5.41. The zero-order valence-electron chi connectivity index (χ0n) is 18.6. The summed E-state index contributed by atoms with van der Waals surface area (Å²) in [6.07, 6.45) is 2.66. The number of hydrogen-bond donors (Lipinski definition) is 3. The summed E-state index contributed by atoms with van der Waals surface area (Å²) in [7, 11) is 0. The zero-order valence-corrected chi connectivity index (χ0v) is 19.4. The molecule has 1 amide bonds. The minimum atomic E-state index is -0.999. The summed E-state index contributed by atoms with van der Waals surface area (Å²) in [5.41, 5.74) is 3.74. The number of aromatic nitrogens is 3. The molecule has 0 fully saturated rings. The van der Waals surface area contributed by atoms with Crippen LogP contribution < -0.4 is 10.6 Å². The highest BCUT2D eigenvalue weighted by Gasteiger charge is 2.30. The number of nitrogens with zero attached hydrogens (tertiary/aromatic N) is 4. The summed E-state index contributed by atoms with van der Waals surface area (Å²) in [4.78, 5) is 21.6. The summed E-state index contributed by atoms with van der Waals surface area (Å²) in [6, 6.07) is 3.57. The van der Waals surface area contributed by atoms with Crippen LogP contribution in [0.1, 0.15) is 29.8 Å². The lowest BCUT2D eigenvalue weighted by atomic mass is 10.2. The smallest absolute Gasteiger partial charge is 0.257 e. The standard InChI is InChI=1S/C22H26N6O4S/c1-13-4-5-19(23-6-13)27-21(30)18(9-31-15(3)8-29)32-22-16-7-26-28(20(16)24-12-25-22)17-11-33-10-14(17)2/h4-7,10-12,15,18,22,29H,8-9H2,1-3H3,(H,24,25)(H,23,27,30)/t15-,18+,22?/m1/s1. The molecule has 3 aromatic heterocycles. The molecule has 1 aliphatic rings. The number of aliphatic hydroxyl groups is 1. The second kappa shape index (κ2) is 10.2. The van der Waals surface area contributed by atoms with E-state index in [4.69, 9.17) is 9.47 Å². The molecule has 10 nitrogen and oxygen atoms in total. The number of aliphatic hydroxyl groups excluding tert-OH is 1. The van der Waals surface area contributed by atoms with E-state index in [0.29, 0.717) is 11.4 Å². The molecular formula is C22H26N6O4S. The molecule has 0 spiro atoms. The van der Waals surface area contributed by atoms with E-state index in [2.05, 4.69) is 25.7 Å². The predicted octanol–water partition coefficient (Wildman–Crippen LogP) is 2.82. The number of anilines is 2. The maximum Gasteiger partial charge on any atom is 0.257 e. The molecule has 0 bridgehead atoms. The number of fused-ring (bicyclic) bond motifs is 1. The van der Waals surface area contributed by atoms with Crippen LogP contribution in [0.5, 0.6) is 0 Å². The Kier molecular flexibility index (Phi) is 7.14. The number of ether oxygens (including phenoxy) is 2. The molecule has 0 radical (unpaired) electrons. The number of rotatable bonds is 9. The van der Waals surface area contributed by atoms with Crippen molar-refractivity contribution in [3.8, 4) is 5.69 Å². The van der Waals surface area contributed by atoms with Crippen LogP contribution in [-0.2, 0) is 14.3 Å².